The third-order valence-corrected chi connectivity index (χ3v) is 3.42. The summed E-state index contributed by atoms with van der Waals surface area (Å²) in [6.45, 7) is 2.20. The van der Waals surface area contributed by atoms with Crippen LogP contribution in [0.4, 0.5) is 5.69 Å². The number of nitrogens with two attached hydrogens (primary N) is 1. The zero-order valence-corrected chi connectivity index (χ0v) is 12.7. The van der Waals surface area contributed by atoms with Gasteiger partial charge in [0.25, 0.3) is 5.91 Å². The van der Waals surface area contributed by atoms with Crippen molar-refractivity contribution in [2.45, 2.75) is 13.5 Å². The first-order valence-electron chi connectivity index (χ1n) is 6.48. The quantitative estimate of drug-likeness (QED) is 0.853. The Morgan fingerprint density at radius 1 is 1.29 bits per heavy atom. The summed E-state index contributed by atoms with van der Waals surface area (Å²) in [6, 6.07) is 10.5. The van der Waals surface area contributed by atoms with Crippen molar-refractivity contribution in [2.75, 3.05) is 12.8 Å². The van der Waals surface area contributed by atoms with E-state index in [1.165, 1.54) is 0 Å². The third kappa shape index (κ3) is 3.67. The number of carbonyl (C=O) groups excluding carboxylic acids is 1. The van der Waals surface area contributed by atoms with Crippen LogP contribution in [0.3, 0.4) is 0 Å². The van der Waals surface area contributed by atoms with Crippen molar-refractivity contribution in [3.63, 3.8) is 0 Å². The van der Waals surface area contributed by atoms with Crippen LogP contribution in [0, 0.1) is 6.92 Å². The number of rotatable bonds is 4. The molecule has 2 aromatic carbocycles. The molecule has 0 aliphatic rings. The number of carbonyl (C=O) groups is 1. The molecule has 3 N–H and O–H groups in total. The van der Waals surface area contributed by atoms with Gasteiger partial charge in [-0.2, -0.15) is 0 Å². The molecule has 0 saturated carbocycles. The monoisotopic (exact) mass is 304 g/mol. The molecule has 1 amide bonds. The molecular weight excluding hydrogens is 288 g/mol. The van der Waals surface area contributed by atoms with Crippen LogP contribution in [-0.4, -0.2) is 13.0 Å². The molecule has 4 nitrogen and oxygen atoms in total. The fourth-order valence-corrected chi connectivity index (χ4v) is 2.22. The summed E-state index contributed by atoms with van der Waals surface area (Å²) in [7, 11) is 1.58. The molecule has 110 valence electrons. The van der Waals surface area contributed by atoms with Crippen LogP contribution in [0.15, 0.2) is 36.4 Å². The molecule has 0 atom stereocenters. The van der Waals surface area contributed by atoms with Crippen LogP contribution in [0.25, 0.3) is 0 Å². The maximum atomic E-state index is 12.2. The molecule has 0 spiro atoms. The van der Waals surface area contributed by atoms with Gasteiger partial charge in [0.05, 0.1) is 7.11 Å². The zero-order valence-electron chi connectivity index (χ0n) is 11.9. The van der Waals surface area contributed by atoms with Gasteiger partial charge < -0.3 is 15.8 Å². The number of nitrogens with one attached hydrogen (secondary N) is 1. The molecule has 5 heteroatoms. The predicted molar refractivity (Wildman–Crippen MR) is 84.8 cm³/mol. The van der Waals surface area contributed by atoms with Gasteiger partial charge >= 0.3 is 0 Å². The second-order valence-corrected chi connectivity index (χ2v) is 5.15. The van der Waals surface area contributed by atoms with Gasteiger partial charge in [-0.15, -0.1) is 0 Å². The largest absolute Gasteiger partial charge is 0.496 e. The number of ether oxygens (including phenoxy) is 1. The maximum absolute atomic E-state index is 12.2. The number of hydrogen-bond donors (Lipinski definition) is 2. The SMILES string of the molecule is COc1ccc(N)cc1CNC(=O)c1cc(Cl)ccc1C. The minimum absolute atomic E-state index is 0.181. The topological polar surface area (TPSA) is 64.3 Å². The minimum atomic E-state index is -0.181. The van der Waals surface area contributed by atoms with E-state index in [1.54, 1.807) is 37.4 Å². The van der Waals surface area contributed by atoms with Crippen molar-refractivity contribution in [2.24, 2.45) is 0 Å². The van der Waals surface area contributed by atoms with Gasteiger partial charge in [-0.25, -0.2) is 0 Å². The lowest BCUT2D eigenvalue weighted by Crippen LogP contribution is -2.24. The van der Waals surface area contributed by atoms with E-state index in [9.17, 15) is 4.79 Å². The summed E-state index contributed by atoms with van der Waals surface area (Å²) in [5, 5.41) is 3.39. The van der Waals surface area contributed by atoms with Gasteiger partial charge in [-0.3, -0.25) is 4.79 Å². The predicted octanol–water partition coefficient (Wildman–Crippen LogP) is 3.17. The lowest BCUT2D eigenvalue weighted by Gasteiger charge is -2.11. The molecule has 0 heterocycles. The van der Waals surface area contributed by atoms with Crippen molar-refractivity contribution >= 4 is 23.2 Å². The van der Waals surface area contributed by atoms with Crippen LogP contribution in [0.2, 0.25) is 5.02 Å². The van der Waals surface area contributed by atoms with E-state index >= 15 is 0 Å². The van der Waals surface area contributed by atoms with Gasteiger partial charge in [-0.05, 0) is 42.8 Å². The Morgan fingerprint density at radius 3 is 2.76 bits per heavy atom. The molecule has 0 saturated heterocycles. The van der Waals surface area contributed by atoms with Crippen molar-refractivity contribution in [1.82, 2.24) is 5.32 Å². The zero-order chi connectivity index (χ0) is 15.4. The summed E-state index contributed by atoms with van der Waals surface area (Å²) in [5.41, 5.74) is 8.64. The van der Waals surface area contributed by atoms with E-state index in [-0.39, 0.29) is 5.91 Å². The summed E-state index contributed by atoms with van der Waals surface area (Å²) in [5.74, 6) is 0.506. The van der Waals surface area contributed by atoms with Gasteiger partial charge in [0.15, 0.2) is 0 Å². The number of nitrogen functional groups attached to an aromatic ring is 1. The number of methoxy groups -OCH3 is 1. The summed E-state index contributed by atoms with van der Waals surface area (Å²) in [4.78, 5) is 12.2. The van der Waals surface area contributed by atoms with E-state index in [1.807, 2.05) is 13.0 Å². The smallest absolute Gasteiger partial charge is 0.251 e. The van der Waals surface area contributed by atoms with E-state index in [0.717, 1.165) is 11.1 Å². The van der Waals surface area contributed by atoms with Gasteiger partial charge in [0.2, 0.25) is 0 Å². The highest BCUT2D eigenvalue weighted by Crippen LogP contribution is 2.21. The van der Waals surface area contributed by atoms with E-state index in [0.29, 0.717) is 28.6 Å². The number of benzene rings is 2. The molecule has 0 aromatic heterocycles. The fraction of sp³-hybridized carbons (Fsp3) is 0.188. The van der Waals surface area contributed by atoms with Crippen molar-refractivity contribution in [3.05, 3.63) is 58.1 Å². The Kier molecular flexibility index (Phi) is 4.70. The molecule has 0 radical (unpaired) electrons. The summed E-state index contributed by atoms with van der Waals surface area (Å²) < 4.78 is 5.25. The lowest BCUT2D eigenvalue weighted by atomic mass is 10.1. The molecule has 2 rings (SSSR count). The first-order chi connectivity index (χ1) is 10.0. The van der Waals surface area contributed by atoms with Crippen LogP contribution in [0.5, 0.6) is 5.75 Å². The van der Waals surface area contributed by atoms with Crippen LogP contribution in [0.1, 0.15) is 21.5 Å². The highest BCUT2D eigenvalue weighted by molar-refractivity contribution is 6.31. The number of aryl methyl sites for hydroxylation is 1. The van der Waals surface area contributed by atoms with Crippen molar-refractivity contribution < 1.29 is 9.53 Å². The van der Waals surface area contributed by atoms with Gasteiger partial charge in [0, 0.05) is 28.4 Å². The van der Waals surface area contributed by atoms with Gasteiger partial charge in [0.1, 0.15) is 5.75 Å². The van der Waals surface area contributed by atoms with Crippen LogP contribution in [-0.2, 0) is 6.54 Å². The Hall–Kier alpha value is -2.20. The van der Waals surface area contributed by atoms with Crippen LogP contribution >= 0.6 is 11.6 Å². The van der Waals surface area contributed by atoms with Gasteiger partial charge in [-0.1, -0.05) is 17.7 Å². The fourth-order valence-electron chi connectivity index (χ4n) is 2.05. The maximum Gasteiger partial charge on any atom is 0.251 e. The lowest BCUT2D eigenvalue weighted by molar-refractivity contribution is 0.0950. The molecule has 0 aliphatic heterocycles. The Bertz CT molecular complexity index is 671. The molecular formula is C16H17ClN2O2. The van der Waals surface area contributed by atoms with Crippen molar-refractivity contribution in [1.29, 1.82) is 0 Å². The second kappa shape index (κ2) is 6.50. The third-order valence-electron chi connectivity index (χ3n) is 3.19. The standard InChI is InChI=1S/C16H17ClN2O2/c1-10-3-4-12(17)8-14(10)16(20)19-9-11-7-13(18)5-6-15(11)21-2/h3-8H,9,18H2,1-2H3,(H,19,20). The number of amides is 1. The Morgan fingerprint density at radius 2 is 2.05 bits per heavy atom. The number of halogens is 1. The summed E-state index contributed by atoms with van der Waals surface area (Å²) in [6.07, 6.45) is 0. The molecule has 0 bridgehead atoms. The molecule has 2 aromatic rings. The average Bonchev–Trinajstić information content (AvgIpc) is 2.47. The Labute approximate surface area is 128 Å². The molecule has 21 heavy (non-hydrogen) atoms. The van der Waals surface area contributed by atoms with Crippen molar-refractivity contribution in [3.8, 4) is 5.75 Å². The number of anilines is 1. The van der Waals surface area contributed by atoms with E-state index < -0.39 is 0 Å². The summed E-state index contributed by atoms with van der Waals surface area (Å²) >= 11 is 5.93. The average molecular weight is 305 g/mol. The Balaban J connectivity index is 2.14. The van der Waals surface area contributed by atoms with Crippen LogP contribution < -0.4 is 15.8 Å². The molecule has 0 aliphatic carbocycles. The van der Waals surface area contributed by atoms with E-state index in [4.69, 9.17) is 22.1 Å². The van der Waals surface area contributed by atoms with E-state index in [2.05, 4.69) is 5.32 Å². The minimum Gasteiger partial charge on any atom is -0.496 e. The molecule has 0 fully saturated rings. The highest BCUT2D eigenvalue weighted by Gasteiger charge is 2.11. The second-order valence-electron chi connectivity index (χ2n) is 4.71. The molecule has 0 unspecified atom stereocenters. The first-order valence-corrected chi connectivity index (χ1v) is 6.86. The first kappa shape index (κ1) is 15.2. The number of hydrogen-bond acceptors (Lipinski definition) is 3. The highest BCUT2D eigenvalue weighted by atomic mass is 35.5. The normalized spacial score (nSPS) is 10.2.